The van der Waals surface area contributed by atoms with E-state index in [9.17, 15) is 4.79 Å². The number of nitrogens with two attached hydrogens (primary N) is 1. The van der Waals surface area contributed by atoms with Gasteiger partial charge in [0.2, 0.25) is 5.76 Å². The van der Waals surface area contributed by atoms with Gasteiger partial charge in [-0.3, -0.25) is 0 Å². The third kappa shape index (κ3) is 2.96. The zero-order valence-corrected chi connectivity index (χ0v) is 11.2. The first kappa shape index (κ1) is 13.6. The molecule has 0 bridgehead atoms. The van der Waals surface area contributed by atoms with Crippen LogP contribution in [0.15, 0.2) is 21.7 Å². The Morgan fingerprint density at radius 1 is 1.53 bits per heavy atom. The number of aromatic carboxylic acids is 1. The summed E-state index contributed by atoms with van der Waals surface area (Å²) in [5.74, 6) is 0.683. The van der Waals surface area contributed by atoms with Gasteiger partial charge in [-0.25, -0.2) is 4.79 Å². The van der Waals surface area contributed by atoms with Crippen LogP contribution in [0.4, 0.5) is 0 Å². The lowest BCUT2D eigenvalue weighted by Crippen LogP contribution is -2.07. The van der Waals surface area contributed by atoms with Crippen LogP contribution in [0.5, 0.6) is 0 Å². The molecule has 0 aromatic carbocycles. The van der Waals surface area contributed by atoms with E-state index in [1.807, 2.05) is 11.5 Å². The van der Waals surface area contributed by atoms with Crippen molar-refractivity contribution in [2.75, 3.05) is 0 Å². The van der Waals surface area contributed by atoms with Crippen LogP contribution in [0.1, 0.15) is 29.1 Å². The van der Waals surface area contributed by atoms with Gasteiger partial charge in [-0.05, 0) is 19.1 Å². The van der Waals surface area contributed by atoms with Crippen molar-refractivity contribution in [2.45, 2.75) is 30.9 Å². The van der Waals surface area contributed by atoms with E-state index in [4.69, 9.17) is 15.3 Å². The Hall–Kier alpha value is -1.80. The van der Waals surface area contributed by atoms with E-state index in [1.54, 1.807) is 6.07 Å². The highest BCUT2D eigenvalue weighted by molar-refractivity contribution is 7.98. The summed E-state index contributed by atoms with van der Waals surface area (Å²) in [4.78, 5) is 10.7. The number of furan rings is 1. The largest absolute Gasteiger partial charge is 0.475 e. The molecule has 0 aliphatic carbocycles. The monoisotopic (exact) mass is 282 g/mol. The summed E-state index contributed by atoms with van der Waals surface area (Å²) in [7, 11) is 0. The van der Waals surface area contributed by atoms with Crippen molar-refractivity contribution in [3.05, 3.63) is 29.5 Å². The molecule has 0 atom stereocenters. The van der Waals surface area contributed by atoms with E-state index in [-0.39, 0.29) is 5.76 Å². The zero-order valence-electron chi connectivity index (χ0n) is 10.4. The van der Waals surface area contributed by atoms with Crippen LogP contribution in [0.3, 0.4) is 0 Å². The second-order valence-electron chi connectivity index (χ2n) is 3.71. The Morgan fingerprint density at radius 3 is 2.89 bits per heavy atom. The molecule has 0 saturated carbocycles. The maximum Gasteiger partial charge on any atom is 0.371 e. The van der Waals surface area contributed by atoms with Gasteiger partial charge in [0.25, 0.3) is 0 Å². The molecule has 0 fully saturated rings. The average Bonchev–Trinajstić information content (AvgIpc) is 3.02. The minimum Gasteiger partial charge on any atom is -0.475 e. The predicted octanol–water partition coefficient (Wildman–Crippen LogP) is 1.34. The molecular formula is C11H14N4O3S. The van der Waals surface area contributed by atoms with Gasteiger partial charge in [0.05, 0.1) is 12.3 Å². The summed E-state index contributed by atoms with van der Waals surface area (Å²) in [6, 6.07) is 3.08. The summed E-state index contributed by atoms with van der Waals surface area (Å²) >= 11 is 1.43. The fourth-order valence-electron chi connectivity index (χ4n) is 1.60. The van der Waals surface area contributed by atoms with Crippen molar-refractivity contribution in [3.63, 3.8) is 0 Å². The van der Waals surface area contributed by atoms with E-state index < -0.39 is 5.97 Å². The Morgan fingerprint density at radius 2 is 2.32 bits per heavy atom. The Bertz CT molecular complexity index is 578. The minimum atomic E-state index is -1.07. The lowest BCUT2D eigenvalue weighted by atomic mass is 10.4. The molecule has 8 heteroatoms. The molecule has 102 valence electrons. The van der Waals surface area contributed by atoms with Crippen molar-refractivity contribution in [2.24, 2.45) is 5.73 Å². The number of aromatic nitrogens is 3. The normalized spacial score (nSPS) is 10.8. The molecule has 0 saturated heterocycles. The van der Waals surface area contributed by atoms with Gasteiger partial charge >= 0.3 is 5.97 Å². The van der Waals surface area contributed by atoms with Crippen LogP contribution in [0.25, 0.3) is 0 Å². The molecule has 0 radical (unpaired) electrons. The molecule has 2 aromatic rings. The highest BCUT2D eigenvalue weighted by atomic mass is 32.2. The molecule has 0 aliphatic rings. The van der Waals surface area contributed by atoms with Crippen LogP contribution in [0, 0.1) is 0 Å². The molecule has 0 aliphatic heterocycles. The number of hydrogen-bond acceptors (Lipinski definition) is 6. The van der Waals surface area contributed by atoms with Crippen LogP contribution in [-0.2, 0) is 18.8 Å². The lowest BCUT2D eigenvalue weighted by molar-refractivity contribution is 0.0661. The first-order valence-corrected chi connectivity index (χ1v) is 6.71. The van der Waals surface area contributed by atoms with Crippen molar-refractivity contribution >= 4 is 17.7 Å². The van der Waals surface area contributed by atoms with Crippen molar-refractivity contribution in [3.8, 4) is 0 Å². The van der Waals surface area contributed by atoms with Gasteiger partial charge in [-0.15, -0.1) is 10.2 Å². The number of nitrogens with zero attached hydrogens (tertiary/aromatic N) is 3. The fraction of sp³-hybridized carbons (Fsp3) is 0.364. The molecule has 3 N–H and O–H groups in total. The molecule has 0 spiro atoms. The quantitative estimate of drug-likeness (QED) is 0.770. The highest BCUT2D eigenvalue weighted by Gasteiger charge is 2.13. The number of carboxylic acids is 1. The van der Waals surface area contributed by atoms with Gasteiger partial charge in [0.15, 0.2) is 5.16 Å². The van der Waals surface area contributed by atoms with Gasteiger partial charge in [-0.1, -0.05) is 11.8 Å². The second-order valence-corrected chi connectivity index (χ2v) is 4.65. The maximum absolute atomic E-state index is 10.7. The number of rotatable bonds is 6. The minimum absolute atomic E-state index is 0.0600. The molecule has 0 amide bonds. The molecule has 2 aromatic heterocycles. The SMILES string of the molecule is CCn1c(CN)nnc1SCc1ccc(C(=O)O)o1. The predicted molar refractivity (Wildman–Crippen MR) is 68.8 cm³/mol. The van der Waals surface area contributed by atoms with Gasteiger partial charge in [-0.2, -0.15) is 0 Å². The summed E-state index contributed by atoms with van der Waals surface area (Å²) in [6.45, 7) is 3.06. The molecule has 2 heterocycles. The third-order valence-electron chi connectivity index (χ3n) is 2.51. The highest BCUT2D eigenvalue weighted by Crippen LogP contribution is 2.23. The average molecular weight is 282 g/mol. The van der Waals surface area contributed by atoms with Crippen LogP contribution < -0.4 is 5.73 Å². The second kappa shape index (κ2) is 5.89. The number of thioether (sulfide) groups is 1. The molecule has 2 rings (SSSR count). The smallest absolute Gasteiger partial charge is 0.371 e. The van der Waals surface area contributed by atoms with E-state index in [1.165, 1.54) is 17.8 Å². The Kier molecular flexibility index (Phi) is 4.23. The zero-order chi connectivity index (χ0) is 13.8. The van der Waals surface area contributed by atoms with Gasteiger partial charge < -0.3 is 19.8 Å². The molecule has 7 nitrogen and oxygen atoms in total. The summed E-state index contributed by atoms with van der Waals surface area (Å²) in [5.41, 5.74) is 5.57. The van der Waals surface area contributed by atoms with Crippen LogP contribution >= 0.6 is 11.8 Å². The third-order valence-corrected chi connectivity index (χ3v) is 3.50. The molecule has 19 heavy (non-hydrogen) atoms. The topological polar surface area (TPSA) is 107 Å². The number of carbonyl (C=O) groups is 1. The van der Waals surface area contributed by atoms with Crippen molar-refractivity contribution < 1.29 is 14.3 Å². The fourth-order valence-corrected chi connectivity index (χ4v) is 2.52. The van der Waals surface area contributed by atoms with E-state index in [2.05, 4.69) is 10.2 Å². The number of carboxylic acid groups (broad SMARTS) is 1. The van der Waals surface area contributed by atoms with Crippen molar-refractivity contribution in [1.82, 2.24) is 14.8 Å². The van der Waals surface area contributed by atoms with Gasteiger partial charge in [0.1, 0.15) is 11.6 Å². The summed E-state index contributed by atoms with van der Waals surface area (Å²) in [5, 5.41) is 17.6. The van der Waals surface area contributed by atoms with E-state index >= 15 is 0 Å². The van der Waals surface area contributed by atoms with Gasteiger partial charge in [0, 0.05) is 6.54 Å². The first-order chi connectivity index (χ1) is 9.15. The van der Waals surface area contributed by atoms with Crippen LogP contribution in [0.2, 0.25) is 0 Å². The maximum atomic E-state index is 10.7. The lowest BCUT2D eigenvalue weighted by Gasteiger charge is -2.04. The standard InChI is InChI=1S/C11H14N4O3S/c1-2-15-9(5-12)13-14-11(15)19-6-7-3-4-8(18-7)10(16)17/h3-4H,2,5-6,12H2,1H3,(H,16,17). The number of hydrogen-bond donors (Lipinski definition) is 2. The van der Waals surface area contributed by atoms with E-state index in [0.29, 0.717) is 18.1 Å². The summed E-state index contributed by atoms with van der Waals surface area (Å²) < 4.78 is 7.09. The summed E-state index contributed by atoms with van der Waals surface area (Å²) in [6.07, 6.45) is 0. The van der Waals surface area contributed by atoms with Crippen molar-refractivity contribution in [1.29, 1.82) is 0 Å². The van der Waals surface area contributed by atoms with Crippen LogP contribution in [-0.4, -0.2) is 25.8 Å². The Balaban J connectivity index is 2.05. The molecular weight excluding hydrogens is 268 g/mol. The Labute approximate surface area is 113 Å². The first-order valence-electron chi connectivity index (χ1n) is 5.72. The van der Waals surface area contributed by atoms with E-state index in [0.717, 1.165) is 17.5 Å². The molecule has 0 unspecified atom stereocenters.